The van der Waals surface area contributed by atoms with E-state index in [0.717, 1.165) is 33.4 Å². The standard InChI is InChI=1S/C50H36N2O4/c51-47-29-19-39(31-45(47)49(53)37-15-25-43(26-16-37)55-41-21-11-35(12-22-41)33-7-3-1-4-8-33)40-20-30-48(52)46(32-40)50(54)38-17-27-44(28-18-38)56-42-23-13-36(14-24-42)34-9-5-2-6-10-34/h1-32H,51-52H2. The second-order valence-corrected chi connectivity index (χ2v) is 13.3. The highest BCUT2D eigenvalue weighted by atomic mass is 16.5. The number of rotatable bonds is 11. The lowest BCUT2D eigenvalue weighted by molar-refractivity contribution is 0.103. The molecule has 270 valence electrons. The third kappa shape index (κ3) is 7.81. The highest BCUT2D eigenvalue weighted by Gasteiger charge is 2.17. The Bertz CT molecular complexity index is 2450. The number of benzene rings is 8. The minimum absolute atomic E-state index is 0.232. The highest BCUT2D eigenvalue weighted by Crippen LogP contribution is 2.32. The highest BCUT2D eigenvalue weighted by molar-refractivity contribution is 6.14. The molecule has 0 radical (unpaired) electrons. The van der Waals surface area contributed by atoms with Crippen molar-refractivity contribution < 1.29 is 19.1 Å². The van der Waals surface area contributed by atoms with Gasteiger partial charge in [0.2, 0.25) is 0 Å². The van der Waals surface area contributed by atoms with E-state index >= 15 is 0 Å². The first-order valence-electron chi connectivity index (χ1n) is 18.1. The molecule has 6 heteroatoms. The molecule has 8 aromatic carbocycles. The first-order valence-corrected chi connectivity index (χ1v) is 18.1. The van der Waals surface area contributed by atoms with Crippen LogP contribution in [0, 0.1) is 0 Å². The number of hydrogen-bond acceptors (Lipinski definition) is 6. The maximum atomic E-state index is 13.7. The van der Waals surface area contributed by atoms with Crippen molar-refractivity contribution in [2.75, 3.05) is 11.5 Å². The van der Waals surface area contributed by atoms with Crippen molar-refractivity contribution >= 4 is 22.9 Å². The van der Waals surface area contributed by atoms with E-state index in [1.807, 2.05) is 97.1 Å². The summed E-state index contributed by atoms with van der Waals surface area (Å²) in [4.78, 5) is 27.4. The van der Waals surface area contributed by atoms with E-state index in [4.69, 9.17) is 20.9 Å². The predicted octanol–water partition coefficient (Wildman–Crippen LogP) is 11.9. The fourth-order valence-corrected chi connectivity index (χ4v) is 6.49. The van der Waals surface area contributed by atoms with Crippen LogP contribution in [0.3, 0.4) is 0 Å². The molecule has 0 aliphatic carbocycles. The van der Waals surface area contributed by atoms with Gasteiger partial charge in [0.15, 0.2) is 11.6 Å². The Balaban J connectivity index is 0.946. The molecule has 0 spiro atoms. The molecule has 8 rings (SSSR count). The van der Waals surface area contributed by atoms with E-state index in [9.17, 15) is 9.59 Å². The first kappa shape index (κ1) is 35.3. The van der Waals surface area contributed by atoms with Crippen molar-refractivity contribution in [3.63, 3.8) is 0 Å². The summed E-state index contributed by atoms with van der Waals surface area (Å²) in [6.45, 7) is 0. The largest absolute Gasteiger partial charge is 0.457 e. The number of nitrogen functional groups attached to an aromatic ring is 2. The van der Waals surface area contributed by atoms with E-state index in [1.165, 1.54) is 0 Å². The van der Waals surface area contributed by atoms with Crippen LogP contribution in [0.4, 0.5) is 11.4 Å². The van der Waals surface area contributed by atoms with Gasteiger partial charge in [0.25, 0.3) is 0 Å². The summed E-state index contributed by atoms with van der Waals surface area (Å²) in [6, 6.07) is 60.5. The third-order valence-corrected chi connectivity index (χ3v) is 9.56. The summed E-state index contributed by atoms with van der Waals surface area (Å²) >= 11 is 0. The maximum Gasteiger partial charge on any atom is 0.195 e. The summed E-state index contributed by atoms with van der Waals surface area (Å²) in [5, 5.41) is 0. The fourth-order valence-electron chi connectivity index (χ4n) is 6.49. The lowest BCUT2D eigenvalue weighted by Gasteiger charge is -2.12. The van der Waals surface area contributed by atoms with Crippen molar-refractivity contribution in [3.05, 3.63) is 216 Å². The molecule has 6 nitrogen and oxygen atoms in total. The molecule has 0 bridgehead atoms. The molecule has 0 saturated heterocycles. The Morgan fingerprint density at radius 1 is 0.321 bits per heavy atom. The number of carbonyl (C=O) groups is 2. The van der Waals surface area contributed by atoms with Gasteiger partial charge in [0, 0.05) is 33.6 Å². The second kappa shape index (κ2) is 15.7. The van der Waals surface area contributed by atoms with Gasteiger partial charge in [-0.2, -0.15) is 0 Å². The van der Waals surface area contributed by atoms with Crippen LogP contribution in [0.2, 0.25) is 0 Å². The van der Waals surface area contributed by atoms with E-state index in [0.29, 0.717) is 56.6 Å². The molecule has 0 amide bonds. The number of ether oxygens (including phenoxy) is 2. The SMILES string of the molecule is Nc1ccc(-c2ccc(N)c(C(=O)c3ccc(Oc4ccc(-c5ccccc5)cc4)cc3)c2)cc1C(=O)c1ccc(Oc2ccc(-c3ccccc3)cc2)cc1. The summed E-state index contributed by atoms with van der Waals surface area (Å²) in [7, 11) is 0. The molecule has 0 heterocycles. The van der Waals surface area contributed by atoms with Crippen LogP contribution in [0.15, 0.2) is 194 Å². The monoisotopic (exact) mass is 728 g/mol. The quantitative estimate of drug-likeness (QED) is 0.101. The third-order valence-electron chi connectivity index (χ3n) is 9.56. The molecular formula is C50H36N2O4. The number of anilines is 2. The van der Waals surface area contributed by atoms with E-state index in [2.05, 4.69) is 24.3 Å². The molecule has 0 unspecified atom stereocenters. The van der Waals surface area contributed by atoms with Crippen LogP contribution in [-0.4, -0.2) is 11.6 Å². The summed E-state index contributed by atoms with van der Waals surface area (Å²) in [5.74, 6) is 2.12. The topological polar surface area (TPSA) is 105 Å². The van der Waals surface area contributed by atoms with Gasteiger partial charge in [-0.25, -0.2) is 0 Å². The zero-order chi connectivity index (χ0) is 38.4. The summed E-state index contributed by atoms with van der Waals surface area (Å²) in [6.07, 6.45) is 0. The Labute approximate surface area is 325 Å². The van der Waals surface area contributed by atoms with Gasteiger partial charge in [0.1, 0.15) is 23.0 Å². The van der Waals surface area contributed by atoms with Crippen molar-refractivity contribution in [3.8, 4) is 56.4 Å². The van der Waals surface area contributed by atoms with Gasteiger partial charge in [-0.05, 0) is 130 Å². The number of ketones is 2. The van der Waals surface area contributed by atoms with Crippen LogP contribution >= 0.6 is 0 Å². The summed E-state index contributed by atoms with van der Waals surface area (Å²) < 4.78 is 12.1. The van der Waals surface area contributed by atoms with Crippen molar-refractivity contribution in [1.82, 2.24) is 0 Å². The molecule has 56 heavy (non-hydrogen) atoms. The number of nitrogens with two attached hydrogens (primary N) is 2. The van der Waals surface area contributed by atoms with Gasteiger partial charge in [-0.3, -0.25) is 9.59 Å². The number of carbonyl (C=O) groups excluding carboxylic acids is 2. The zero-order valence-electron chi connectivity index (χ0n) is 30.3. The first-order chi connectivity index (χ1) is 27.4. The van der Waals surface area contributed by atoms with Crippen LogP contribution in [0.25, 0.3) is 33.4 Å². The Kier molecular flexibility index (Phi) is 9.92. The molecule has 8 aromatic rings. The smallest absolute Gasteiger partial charge is 0.195 e. The fraction of sp³-hybridized carbons (Fsp3) is 0. The number of hydrogen-bond donors (Lipinski definition) is 2. The van der Waals surface area contributed by atoms with Crippen LogP contribution in [-0.2, 0) is 0 Å². The van der Waals surface area contributed by atoms with Gasteiger partial charge in [-0.1, -0.05) is 97.1 Å². The van der Waals surface area contributed by atoms with Gasteiger partial charge in [0.05, 0.1) is 0 Å². The second-order valence-electron chi connectivity index (χ2n) is 13.3. The minimum Gasteiger partial charge on any atom is -0.457 e. The van der Waals surface area contributed by atoms with Crippen molar-refractivity contribution in [2.24, 2.45) is 0 Å². The molecule has 0 aliphatic rings. The molecule has 0 aliphatic heterocycles. The Morgan fingerprint density at radius 3 is 0.946 bits per heavy atom. The average Bonchev–Trinajstić information content (AvgIpc) is 3.25. The molecule has 4 N–H and O–H groups in total. The van der Waals surface area contributed by atoms with Crippen LogP contribution in [0.5, 0.6) is 23.0 Å². The van der Waals surface area contributed by atoms with E-state index < -0.39 is 0 Å². The van der Waals surface area contributed by atoms with E-state index in [1.54, 1.807) is 72.8 Å². The lowest BCUT2D eigenvalue weighted by atomic mass is 9.94. The minimum atomic E-state index is -0.232. The van der Waals surface area contributed by atoms with Gasteiger partial charge in [-0.15, -0.1) is 0 Å². The van der Waals surface area contributed by atoms with Gasteiger partial charge < -0.3 is 20.9 Å². The van der Waals surface area contributed by atoms with Crippen molar-refractivity contribution in [1.29, 1.82) is 0 Å². The molecule has 0 fully saturated rings. The van der Waals surface area contributed by atoms with Gasteiger partial charge >= 0.3 is 0 Å². The molecule has 0 saturated carbocycles. The van der Waals surface area contributed by atoms with Crippen molar-refractivity contribution in [2.45, 2.75) is 0 Å². The normalized spacial score (nSPS) is 10.8. The Hall–Kier alpha value is -7.70. The lowest BCUT2D eigenvalue weighted by Crippen LogP contribution is -2.07. The summed E-state index contributed by atoms with van der Waals surface area (Å²) in [5.41, 5.74) is 20.9. The Morgan fingerprint density at radius 2 is 0.607 bits per heavy atom. The zero-order valence-corrected chi connectivity index (χ0v) is 30.3. The average molecular weight is 729 g/mol. The molecule has 0 aromatic heterocycles. The van der Waals surface area contributed by atoms with Crippen LogP contribution < -0.4 is 20.9 Å². The molecule has 0 atom stereocenters. The van der Waals surface area contributed by atoms with Crippen LogP contribution in [0.1, 0.15) is 31.8 Å². The van der Waals surface area contributed by atoms with E-state index in [-0.39, 0.29) is 11.6 Å². The predicted molar refractivity (Wildman–Crippen MR) is 224 cm³/mol. The maximum absolute atomic E-state index is 13.7. The molecular weight excluding hydrogens is 693 g/mol.